The van der Waals surface area contributed by atoms with Gasteiger partial charge in [-0.1, -0.05) is 30.3 Å². The maximum Gasteiger partial charge on any atom is 0.274 e. The molecule has 6 nitrogen and oxygen atoms in total. The Hall–Kier alpha value is -2.18. The molecule has 0 aliphatic carbocycles. The van der Waals surface area contributed by atoms with E-state index in [-0.39, 0.29) is 17.6 Å². The van der Waals surface area contributed by atoms with Gasteiger partial charge in [0.2, 0.25) is 0 Å². The highest BCUT2D eigenvalue weighted by molar-refractivity contribution is 5.92. The molecular weight excluding hydrogens is 340 g/mol. The molecule has 6 heteroatoms. The number of amides is 1. The molecule has 2 unspecified atom stereocenters. The van der Waals surface area contributed by atoms with Crippen molar-refractivity contribution in [3.05, 3.63) is 53.9 Å². The SMILES string of the molecule is CC1(C)COC(c2ccccc2)CN1C(=O)c1ccn(C2CCCNC2)n1. The molecule has 2 aromatic rings. The minimum Gasteiger partial charge on any atom is -0.369 e. The molecule has 1 N–H and O–H groups in total. The van der Waals surface area contributed by atoms with Crippen LogP contribution in [0.3, 0.4) is 0 Å². The molecule has 27 heavy (non-hydrogen) atoms. The van der Waals surface area contributed by atoms with Crippen molar-refractivity contribution in [2.75, 3.05) is 26.2 Å². The fourth-order valence-electron chi connectivity index (χ4n) is 3.93. The number of ether oxygens (including phenoxy) is 1. The molecule has 2 aliphatic heterocycles. The van der Waals surface area contributed by atoms with Gasteiger partial charge in [0, 0.05) is 12.7 Å². The van der Waals surface area contributed by atoms with Gasteiger partial charge in [0.05, 0.1) is 24.7 Å². The van der Waals surface area contributed by atoms with Crippen LogP contribution in [-0.4, -0.2) is 52.4 Å². The van der Waals surface area contributed by atoms with Crippen molar-refractivity contribution in [2.45, 2.75) is 44.4 Å². The maximum absolute atomic E-state index is 13.3. The molecule has 4 rings (SSSR count). The topological polar surface area (TPSA) is 59.4 Å². The van der Waals surface area contributed by atoms with E-state index in [0.29, 0.717) is 24.9 Å². The Morgan fingerprint density at radius 3 is 2.81 bits per heavy atom. The van der Waals surface area contributed by atoms with Crippen LogP contribution in [0.25, 0.3) is 0 Å². The van der Waals surface area contributed by atoms with Crippen molar-refractivity contribution in [3.8, 4) is 0 Å². The second kappa shape index (κ2) is 7.44. The number of benzene rings is 1. The molecule has 2 aliphatic rings. The first-order valence-corrected chi connectivity index (χ1v) is 9.79. The first-order valence-electron chi connectivity index (χ1n) is 9.79. The highest BCUT2D eigenvalue weighted by Gasteiger charge is 2.39. The summed E-state index contributed by atoms with van der Waals surface area (Å²) in [7, 11) is 0. The lowest BCUT2D eigenvalue weighted by Crippen LogP contribution is -2.56. The summed E-state index contributed by atoms with van der Waals surface area (Å²) in [4.78, 5) is 15.2. The van der Waals surface area contributed by atoms with E-state index in [0.717, 1.165) is 31.5 Å². The van der Waals surface area contributed by atoms with Gasteiger partial charge in [0.15, 0.2) is 0 Å². The summed E-state index contributed by atoms with van der Waals surface area (Å²) in [6, 6.07) is 12.3. The van der Waals surface area contributed by atoms with Gasteiger partial charge in [-0.25, -0.2) is 0 Å². The monoisotopic (exact) mass is 368 g/mol. The van der Waals surface area contributed by atoms with E-state index >= 15 is 0 Å². The van der Waals surface area contributed by atoms with Gasteiger partial charge in [-0.05, 0) is 44.9 Å². The summed E-state index contributed by atoms with van der Waals surface area (Å²) in [5.74, 6) is -0.0215. The van der Waals surface area contributed by atoms with Gasteiger partial charge >= 0.3 is 0 Å². The number of nitrogens with one attached hydrogen (secondary N) is 1. The summed E-state index contributed by atoms with van der Waals surface area (Å²) in [5, 5.41) is 8.02. The molecule has 3 heterocycles. The predicted octanol–water partition coefficient (Wildman–Crippen LogP) is 2.80. The van der Waals surface area contributed by atoms with E-state index in [1.54, 1.807) is 0 Å². The smallest absolute Gasteiger partial charge is 0.274 e. The summed E-state index contributed by atoms with van der Waals surface area (Å²) in [5.41, 5.74) is 1.26. The number of carbonyl (C=O) groups excluding carboxylic acids is 1. The van der Waals surface area contributed by atoms with Crippen molar-refractivity contribution in [1.82, 2.24) is 20.0 Å². The molecule has 0 spiro atoms. The lowest BCUT2D eigenvalue weighted by atomic mass is 9.97. The Kier molecular flexibility index (Phi) is 5.02. The van der Waals surface area contributed by atoms with Gasteiger partial charge in [-0.15, -0.1) is 0 Å². The Labute approximate surface area is 160 Å². The minimum absolute atomic E-state index is 0.0215. The van der Waals surface area contributed by atoms with E-state index in [1.807, 2.05) is 53.9 Å². The summed E-state index contributed by atoms with van der Waals surface area (Å²) in [6.45, 7) is 7.11. The molecule has 2 saturated heterocycles. The van der Waals surface area contributed by atoms with E-state index in [4.69, 9.17) is 4.74 Å². The Morgan fingerprint density at radius 1 is 1.26 bits per heavy atom. The third kappa shape index (κ3) is 3.77. The maximum atomic E-state index is 13.3. The Morgan fingerprint density at radius 2 is 2.07 bits per heavy atom. The van der Waals surface area contributed by atoms with Gasteiger partial charge < -0.3 is 15.0 Å². The molecule has 2 atom stereocenters. The van der Waals surface area contributed by atoms with E-state index in [1.165, 1.54) is 0 Å². The number of morpholine rings is 1. The lowest BCUT2D eigenvalue weighted by molar-refractivity contribution is -0.0848. The first kappa shape index (κ1) is 18.2. The molecule has 0 saturated carbocycles. The van der Waals surface area contributed by atoms with Crippen LogP contribution >= 0.6 is 0 Å². The Balaban J connectivity index is 1.53. The number of aromatic nitrogens is 2. The molecule has 1 aromatic carbocycles. The van der Waals surface area contributed by atoms with Crippen LogP contribution < -0.4 is 5.32 Å². The molecule has 1 amide bonds. The number of piperidine rings is 1. The van der Waals surface area contributed by atoms with E-state index in [9.17, 15) is 4.79 Å². The molecule has 144 valence electrons. The number of hydrogen-bond acceptors (Lipinski definition) is 4. The van der Waals surface area contributed by atoms with Crippen LogP contribution in [0.5, 0.6) is 0 Å². The van der Waals surface area contributed by atoms with Crippen LogP contribution in [0, 0.1) is 0 Å². The van der Waals surface area contributed by atoms with Crippen molar-refractivity contribution in [3.63, 3.8) is 0 Å². The highest BCUT2D eigenvalue weighted by Crippen LogP contribution is 2.31. The van der Waals surface area contributed by atoms with Gasteiger partial charge in [0.25, 0.3) is 5.91 Å². The molecule has 1 aromatic heterocycles. The van der Waals surface area contributed by atoms with Crippen LogP contribution in [0.2, 0.25) is 0 Å². The normalized spacial score (nSPS) is 25.3. The third-order valence-corrected chi connectivity index (χ3v) is 5.61. The standard InChI is InChI=1S/C21H28N4O2/c1-21(2)15-27-19(16-7-4-3-5-8-16)14-24(21)20(26)18-10-12-25(23-18)17-9-6-11-22-13-17/h3-5,7-8,10,12,17,19,22H,6,9,11,13-15H2,1-2H3. The fraction of sp³-hybridized carbons (Fsp3) is 0.524. The number of hydrogen-bond donors (Lipinski definition) is 1. The zero-order chi connectivity index (χ0) is 18.9. The summed E-state index contributed by atoms with van der Waals surface area (Å²) in [6.07, 6.45) is 4.07. The second-order valence-electron chi connectivity index (χ2n) is 8.12. The van der Waals surface area contributed by atoms with Gasteiger partial charge in [0.1, 0.15) is 11.8 Å². The van der Waals surface area contributed by atoms with Crippen LogP contribution in [0.15, 0.2) is 42.6 Å². The predicted molar refractivity (Wildman–Crippen MR) is 104 cm³/mol. The molecule has 2 fully saturated rings. The van der Waals surface area contributed by atoms with Crippen molar-refractivity contribution >= 4 is 5.91 Å². The quantitative estimate of drug-likeness (QED) is 0.905. The van der Waals surface area contributed by atoms with Crippen LogP contribution in [-0.2, 0) is 4.74 Å². The lowest BCUT2D eigenvalue weighted by Gasteiger charge is -2.45. The summed E-state index contributed by atoms with van der Waals surface area (Å²) >= 11 is 0. The number of carbonyl (C=O) groups is 1. The molecular formula is C21H28N4O2. The number of nitrogens with zero attached hydrogens (tertiary/aromatic N) is 3. The average Bonchev–Trinajstić information content (AvgIpc) is 3.19. The third-order valence-electron chi connectivity index (χ3n) is 5.61. The van der Waals surface area contributed by atoms with Crippen molar-refractivity contribution in [1.29, 1.82) is 0 Å². The second-order valence-corrected chi connectivity index (χ2v) is 8.12. The van der Waals surface area contributed by atoms with Gasteiger partial charge in [-0.3, -0.25) is 9.48 Å². The largest absolute Gasteiger partial charge is 0.369 e. The van der Waals surface area contributed by atoms with Crippen molar-refractivity contribution < 1.29 is 9.53 Å². The zero-order valence-electron chi connectivity index (χ0n) is 16.1. The highest BCUT2D eigenvalue weighted by atomic mass is 16.5. The fourth-order valence-corrected chi connectivity index (χ4v) is 3.93. The van der Waals surface area contributed by atoms with Gasteiger partial charge in [-0.2, -0.15) is 5.10 Å². The Bertz CT molecular complexity index is 780. The van der Waals surface area contributed by atoms with E-state index < -0.39 is 0 Å². The first-order chi connectivity index (χ1) is 13.0. The van der Waals surface area contributed by atoms with E-state index in [2.05, 4.69) is 22.5 Å². The minimum atomic E-state index is -0.363. The zero-order valence-corrected chi connectivity index (χ0v) is 16.1. The van der Waals surface area contributed by atoms with Crippen molar-refractivity contribution in [2.24, 2.45) is 0 Å². The molecule has 0 bridgehead atoms. The summed E-state index contributed by atoms with van der Waals surface area (Å²) < 4.78 is 8.01. The van der Waals surface area contributed by atoms with Crippen LogP contribution in [0.1, 0.15) is 54.9 Å². The molecule has 0 radical (unpaired) electrons. The number of rotatable bonds is 3. The van der Waals surface area contributed by atoms with Crippen LogP contribution in [0.4, 0.5) is 0 Å². The average molecular weight is 368 g/mol.